The number of unbranched alkanes of at least 4 members (excludes halogenated alkanes) is 13. The number of aliphatic carboxylic acids is 1. The minimum Gasteiger partial charge on any atom is -0.481 e. The molecule has 3 amide bonds. The van der Waals surface area contributed by atoms with Crippen molar-refractivity contribution in [1.82, 2.24) is 16.0 Å². The maximum atomic E-state index is 12.4. The van der Waals surface area contributed by atoms with E-state index in [4.69, 9.17) is 29.8 Å². The average Bonchev–Trinajstić information content (AvgIpc) is 3.08. The van der Waals surface area contributed by atoms with Crippen LogP contribution in [0.4, 0.5) is 0 Å². The van der Waals surface area contributed by atoms with Gasteiger partial charge < -0.3 is 45.7 Å². The molecule has 0 aromatic rings. The average molecular weight is 717 g/mol. The van der Waals surface area contributed by atoms with Gasteiger partial charge in [-0.05, 0) is 12.8 Å². The van der Waals surface area contributed by atoms with E-state index >= 15 is 0 Å². The molecule has 0 radical (unpaired) electrons. The zero-order valence-electron chi connectivity index (χ0n) is 30.9. The van der Waals surface area contributed by atoms with E-state index in [1.165, 1.54) is 51.4 Å². The Morgan fingerprint density at radius 3 is 1.48 bits per heavy atom. The van der Waals surface area contributed by atoms with Crippen molar-refractivity contribution in [2.75, 3.05) is 72.5 Å². The van der Waals surface area contributed by atoms with Crippen LogP contribution in [0.3, 0.4) is 0 Å². The Kier molecular flexibility index (Phi) is 32.9. The van der Waals surface area contributed by atoms with Crippen LogP contribution < -0.4 is 21.7 Å². The number of Topliss-reactive ketones (excluding diaryl/α,β-unsaturated/α-hetero) is 1. The largest absolute Gasteiger partial charge is 0.481 e. The molecule has 0 aromatic carbocycles. The summed E-state index contributed by atoms with van der Waals surface area (Å²) >= 11 is 0. The van der Waals surface area contributed by atoms with E-state index in [-0.39, 0.29) is 82.0 Å². The summed E-state index contributed by atoms with van der Waals surface area (Å²) in [6.45, 7) is 5.89. The lowest BCUT2D eigenvalue weighted by Crippen LogP contribution is -2.51. The molecule has 50 heavy (non-hydrogen) atoms. The highest BCUT2D eigenvalue weighted by molar-refractivity contribution is 5.87. The van der Waals surface area contributed by atoms with Crippen LogP contribution in [0.2, 0.25) is 0 Å². The maximum Gasteiger partial charge on any atom is 0.303 e. The first-order valence-corrected chi connectivity index (χ1v) is 18.8. The molecular formula is C36H68N4O10. The quantitative estimate of drug-likeness (QED) is 0.0590. The fraction of sp³-hybridized carbons (Fsp3) is 0.861. The fourth-order valence-corrected chi connectivity index (χ4v) is 4.81. The number of carboxylic acid groups (broad SMARTS) is 1. The first-order chi connectivity index (χ1) is 24.2. The summed E-state index contributed by atoms with van der Waals surface area (Å²) in [4.78, 5) is 58.4. The molecule has 0 aliphatic carbocycles. The Labute approximate surface area is 300 Å². The van der Waals surface area contributed by atoms with E-state index in [9.17, 15) is 24.0 Å². The molecule has 0 bridgehead atoms. The summed E-state index contributed by atoms with van der Waals surface area (Å²) in [7, 11) is 0. The van der Waals surface area contributed by atoms with E-state index in [1.807, 2.05) is 13.8 Å². The summed E-state index contributed by atoms with van der Waals surface area (Å²) in [6, 6.07) is -0.791. The van der Waals surface area contributed by atoms with Crippen LogP contribution in [0.25, 0.3) is 0 Å². The molecule has 0 heterocycles. The van der Waals surface area contributed by atoms with Crippen LogP contribution in [-0.4, -0.2) is 113 Å². The topological polar surface area (TPSA) is 205 Å². The van der Waals surface area contributed by atoms with Crippen LogP contribution in [0.15, 0.2) is 0 Å². The summed E-state index contributed by atoms with van der Waals surface area (Å²) in [5, 5.41) is 16.7. The number of carbonyl (C=O) groups is 5. The van der Waals surface area contributed by atoms with Crippen LogP contribution >= 0.6 is 0 Å². The summed E-state index contributed by atoms with van der Waals surface area (Å²) in [5.41, 5.74) is 5.71. The number of nitrogens with one attached hydrogen (secondary N) is 3. The van der Waals surface area contributed by atoms with Crippen molar-refractivity contribution in [3.63, 3.8) is 0 Å². The SMILES string of the molecule is CC(C)C(=O)COCCOCCNC(=O)COCCOCCNC(=O)[C@H](CN)NC(=O)CCCCCCCCCCCCCCCCC(=O)O. The molecule has 0 fully saturated rings. The Morgan fingerprint density at radius 2 is 1.00 bits per heavy atom. The van der Waals surface area contributed by atoms with E-state index in [2.05, 4.69) is 16.0 Å². The zero-order valence-corrected chi connectivity index (χ0v) is 30.9. The monoisotopic (exact) mass is 716 g/mol. The Morgan fingerprint density at radius 1 is 0.560 bits per heavy atom. The molecule has 0 rings (SSSR count). The molecule has 1 atom stereocenters. The molecule has 6 N–H and O–H groups in total. The number of ketones is 1. The number of ether oxygens (including phenoxy) is 4. The first-order valence-electron chi connectivity index (χ1n) is 18.8. The van der Waals surface area contributed by atoms with Gasteiger partial charge in [-0.1, -0.05) is 90.9 Å². The molecule has 0 aromatic heterocycles. The predicted molar refractivity (Wildman–Crippen MR) is 192 cm³/mol. The highest BCUT2D eigenvalue weighted by Gasteiger charge is 2.18. The molecule has 0 aliphatic heterocycles. The van der Waals surface area contributed by atoms with Crippen molar-refractivity contribution in [3.05, 3.63) is 0 Å². The zero-order chi connectivity index (χ0) is 37.1. The molecule has 0 unspecified atom stereocenters. The lowest BCUT2D eigenvalue weighted by Gasteiger charge is -2.16. The van der Waals surface area contributed by atoms with Crippen LogP contribution in [-0.2, 0) is 42.9 Å². The number of rotatable bonds is 37. The van der Waals surface area contributed by atoms with E-state index in [0.29, 0.717) is 32.8 Å². The van der Waals surface area contributed by atoms with Gasteiger partial charge in [0.1, 0.15) is 19.3 Å². The van der Waals surface area contributed by atoms with E-state index in [0.717, 1.165) is 38.5 Å². The Balaban J connectivity index is 3.59. The number of nitrogens with two attached hydrogens (primary N) is 1. The van der Waals surface area contributed by atoms with Gasteiger partial charge in [0.2, 0.25) is 17.7 Å². The summed E-state index contributed by atoms with van der Waals surface area (Å²) in [5.74, 6) is -1.51. The molecule has 0 saturated heterocycles. The van der Waals surface area contributed by atoms with E-state index in [1.54, 1.807) is 0 Å². The van der Waals surface area contributed by atoms with Gasteiger partial charge in [-0.15, -0.1) is 0 Å². The number of hydrogen-bond donors (Lipinski definition) is 5. The molecule has 14 heteroatoms. The molecule has 292 valence electrons. The molecule has 14 nitrogen and oxygen atoms in total. The lowest BCUT2D eigenvalue weighted by molar-refractivity contribution is -0.137. The minimum atomic E-state index is -0.791. The van der Waals surface area contributed by atoms with Crippen LogP contribution in [0.5, 0.6) is 0 Å². The van der Waals surface area contributed by atoms with Gasteiger partial charge in [0, 0.05) is 38.4 Å². The third-order valence-electron chi connectivity index (χ3n) is 7.91. The van der Waals surface area contributed by atoms with Gasteiger partial charge in [0.25, 0.3) is 0 Å². The molecule has 0 aliphatic rings. The Bertz CT molecular complexity index is 891. The maximum absolute atomic E-state index is 12.4. The van der Waals surface area contributed by atoms with Gasteiger partial charge in [-0.3, -0.25) is 24.0 Å². The normalized spacial score (nSPS) is 11.8. The number of hydrogen-bond acceptors (Lipinski definition) is 10. The summed E-state index contributed by atoms with van der Waals surface area (Å²) < 4.78 is 21.3. The number of carbonyl (C=O) groups excluding carboxylic acids is 4. The van der Waals surface area contributed by atoms with Gasteiger partial charge in [-0.2, -0.15) is 0 Å². The van der Waals surface area contributed by atoms with Crippen molar-refractivity contribution in [3.8, 4) is 0 Å². The molecule has 0 spiro atoms. The van der Waals surface area contributed by atoms with Crippen molar-refractivity contribution in [2.24, 2.45) is 11.7 Å². The number of carboxylic acids is 1. The first kappa shape index (κ1) is 47.4. The van der Waals surface area contributed by atoms with Crippen molar-refractivity contribution < 1.29 is 48.0 Å². The second kappa shape index (κ2) is 34.8. The summed E-state index contributed by atoms with van der Waals surface area (Å²) in [6.07, 6.45) is 16.3. The van der Waals surface area contributed by atoms with Crippen molar-refractivity contribution >= 4 is 29.5 Å². The highest BCUT2D eigenvalue weighted by atomic mass is 16.5. The van der Waals surface area contributed by atoms with Crippen molar-refractivity contribution in [1.29, 1.82) is 0 Å². The third-order valence-corrected chi connectivity index (χ3v) is 7.91. The fourth-order valence-electron chi connectivity index (χ4n) is 4.81. The van der Waals surface area contributed by atoms with Gasteiger partial charge >= 0.3 is 5.97 Å². The second-order valence-electron chi connectivity index (χ2n) is 12.8. The molecular weight excluding hydrogens is 648 g/mol. The Hall–Kier alpha value is -2.65. The highest BCUT2D eigenvalue weighted by Crippen LogP contribution is 2.14. The standard InChI is InChI=1S/C36H68N4O10/c1-30(2)32(41)28-49-25-23-47-21-19-38-34(43)29-50-26-24-48-22-20-39-36(46)31(27-37)40-33(42)17-15-13-11-9-7-5-3-4-6-8-10-12-14-16-18-35(44)45/h30-31H,3-29,37H2,1-2H3,(H,38,43)(H,39,46)(H,40,42)(H,44,45)/t31-/m0/s1. The minimum absolute atomic E-state index is 0.00226. The van der Waals surface area contributed by atoms with Crippen LogP contribution in [0.1, 0.15) is 117 Å². The lowest BCUT2D eigenvalue weighted by atomic mass is 10.0. The van der Waals surface area contributed by atoms with Crippen molar-refractivity contribution in [2.45, 2.75) is 123 Å². The third kappa shape index (κ3) is 32.5. The predicted octanol–water partition coefficient (Wildman–Crippen LogP) is 3.28. The number of amides is 3. The van der Waals surface area contributed by atoms with Gasteiger partial charge in [0.15, 0.2) is 5.78 Å². The second-order valence-corrected chi connectivity index (χ2v) is 12.8. The molecule has 0 saturated carbocycles. The van der Waals surface area contributed by atoms with E-state index < -0.39 is 12.0 Å². The van der Waals surface area contributed by atoms with Gasteiger partial charge in [0.05, 0.1) is 39.6 Å². The smallest absolute Gasteiger partial charge is 0.303 e. The van der Waals surface area contributed by atoms with Gasteiger partial charge in [-0.25, -0.2) is 0 Å². The van der Waals surface area contributed by atoms with Crippen LogP contribution in [0, 0.1) is 5.92 Å².